The largest absolute Gasteiger partial charge is 0.377 e. The minimum absolute atomic E-state index is 0.232. The van der Waals surface area contributed by atoms with Crippen molar-refractivity contribution >= 4 is 12.1 Å². The van der Waals surface area contributed by atoms with E-state index < -0.39 is 0 Å². The number of carbonyl (C=O) groups is 1. The molecule has 1 atom stereocenters. The van der Waals surface area contributed by atoms with Crippen molar-refractivity contribution in [3.05, 3.63) is 23.9 Å². The maximum atomic E-state index is 10.5. The fourth-order valence-electron chi connectivity index (χ4n) is 1.86. The Balaban J connectivity index is 2.11. The molecule has 2 rings (SSSR count). The SMILES string of the molecule is CC1CN(c2ccc(C=O)cn2)CCCO1. The first kappa shape index (κ1) is 11.1. The van der Waals surface area contributed by atoms with Gasteiger partial charge in [0.05, 0.1) is 6.10 Å². The van der Waals surface area contributed by atoms with Gasteiger partial charge in [-0.2, -0.15) is 0 Å². The van der Waals surface area contributed by atoms with Gasteiger partial charge < -0.3 is 9.64 Å². The lowest BCUT2D eigenvalue weighted by atomic mass is 10.3. The number of ether oxygens (including phenoxy) is 1. The molecule has 1 aromatic heterocycles. The summed E-state index contributed by atoms with van der Waals surface area (Å²) in [6, 6.07) is 3.69. The van der Waals surface area contributed by atoms with Gasteiger partial charge in [-0.1, -0.05) is 0 Å². The van der Waals surface area contributed by atoms with Gasteiger partial charge >= 0.3 is 0 Å². The van der Waals surface area contributed by atoms with E-state index in [1.54, 1.807) is 12.3 Å². The summed E-state index contributed by atoms with van der Waals surface area (Å²) in [5, 5.41) is 0. The highest BCUT2D eigenvalue weighted by molar-refractivity contribution is 5.74. The number of hydrogen-bond acceptors (Lipinski definition) is 4. The van der Waals surface area contributed by atoms with E-state index in [4.69, 9.17) is 4.74 Å². The minimum Gasteiger partial charge on any atom is -0.377 e. The predicted octanol–water partition coefficient (Wildman–Crippen LogP) is 1.51. The molecule has 0 radical (unpaired) electrons. The average Bonchev–Trinajstić information content (AvgIpc) is 2.54. The molecule has 0 saturated carbocycles. The number of aromatic nitrogens is 1. The number of pyridine rings is 1. The van der Waals surface area contributed by atoms with Gasteiger partial charge in [0.25, 0.3) is 0 Å². The molecule has 2 heterocycles. The molecule has 86 valence electrons. The van der Waals surface area contributed by atoms with Gasteiger partial charge in [-0.3, -0.25) is 4.79 Å². The molecule has 0 bridgehead atoms. The van der Waals surface area contributed by atoms with Gasteiger partial charge in [0.2, 0.25) is 0 Å². The Kier molecular flexibility index (Phi) is 3.51. The molecule has 4 nitrogen and oxygen atoms in total. The van der Waals surface area contributed by atoms with E-state index in [1.165, 1.54) is 0 Å². The van der Waals surface area contributed by atoms with Crippen LogP contribution in [0.2, 0.25) is 0 Å². The Morgan fingerprint density at radius 2 is 2.44 bits per heavy atom. The number of nitrogens with zero attached hydrogens (tertiary/aromatic N) is 2. The number of hydrogen-bond donors (Lipinski definition) is 0. The summed E-state index contributed by atoms with van der Waals surface area (Å²) in [7, 11) is 0. The Bertz CT molecular complexity index is 351. The maximum absolute atomic E-state index is 10.5. The molecular weight excluding hydrogens is 204 g/mol. The summed E-state index contributed by atoms with van der Waals surface area (Å²) in [5.41, 5.74) is 0.614. The lowest BCUT2D eigenvalue weighted by Crippen LogP contribution is -2.30. The van der Waals surface area contributed by atoms with Crippen molar-refractivity contribution in [2.75, 3.05) is 24.6 Å². The molecule has 0 N–H and O–H groups in total. The lowest BCUT2D eigenvalue weighted by Gasteiger charge is -2.22. The lowest BCUT2D eigenvalue weighted by molar-refractivity contribution is 0.0820. The molecule has 1 unspecified atom stereocenters. The minimum atomic E-state index is 0.232. The zero-order chi connectivity index (χ0) is 11.4. The van der Waals surface area contributed by atoms with Crippen LogP contribution in [0.3, 0.4) is 0 Å². The quantitative estimate of drug-likeness (QED) is 0.708. The molecule has 0 amide bonds. The summed E-state index contributed by atoms with van der Waals surface area (Å²) in [6.45, 7) is 4.69. The van der Waals surface area contributed by atoms with Crippen molar-refractivity contribution in [3.63, 3.8) is 0 Å². The molecule has 1 aliphatic rings. The van der Waals surface area contributed by atoms with E-state index in [9.17, 15) is 4.79 Å². The van der Waals surface area contributed by atoms with Crippen LogP contribution in [0.15, 0.2) is 18.3 Å². The highest BCUT2D eigenvalue weighted by Gasteiger charge is 2.15. The first-order valence-electron chi connectivity index (χ1n) is 5.57. The topological polar surface area (TPSA) is 42.4 Å². The third kappa shape index (κ3) is 2.58. The second kappa shape index (κ2) is 5.07. The molecule has 1 aromatic rings. The smallest absolute Gasteiger partial charge is 0.151 e. The molecule has 4 heteroatoms. The number of rotatable bonds is 2. The monoisotopic (exact) mass is 220 g/mol. The summed E-state index contributed by atoms with van der Waals surface area (Å²) >= 11 is 0. The van der Waals surface area contributed by atoms with Crippen LogP contribution in [0.5, 0.6) is 0 Å². The molecule has 0 spiro atoms. The van der Waals surface area contributed by atoms with E-state index in [0.717, 1.165) is 38.2 Å². The normalized spacial score (nSPS) is 21.6. The van der Waals surface area contributed by atoms with E-state index in [-0.39, 0.29) is 6.10 Å². The van der Waals surface area contributed by atoms with Crippen molar-refractivity contribution in [1.82, 2.24) is 4.98 Å². The van der Waals surface area contributed by atoms with Gasteiger partial charge in [0.15, 0.2) is 6.29 Å². The molecular formula is C12H16N2O2. The number of carbonyl (C=O) groups excluding carboxylic acids is 1. The van der Waals surface area contributed by atoms with Crippen molar-refractivity contribution in [1.29, 1.82) is 0 Å². The number of anilines is 1. The first-order valence-corrected chi connectivity index (χ1v) is 5.57. The van der Waals surface area contributed by atoms with Crippen LogP contribution in [0.25, 0.3) is 0 Å². The van der Waals surface area contributed by atoms with E-state index in [1.807, 2.05) is 6.07 Å². The molecule has 0 aromatic carbocycles. The summed E-state index contributed by atoms with van der Waals surface area (Å²) < 4.78 is 5.57. The second-order valence-corrected chi connectivity index (χ2v) is 4.05. The van der Waals surface area contributed by atoms with E-state index >= 15 is 0 Å². The fourth-order valence-corrected chi connectivity index (χ4v) is 1.86. The predicted molar refractivity (Wildman–Crippen MR) is 61.9 cm³/mol. The van der Waals surface area contributed by atoms with Crippen LogP contribution in [-0.2, 0) is 4.74 Å². The number of aldehydes is 1. The molecule has 16 heavy (non-hydrogen) atoms. The molecule has 1 saturated heterocycles. The Labute approximate surface area is 95.2 Å². The van der Waals surface area contributed by atoms with Crippen molar-refractivity contribution < 1.29 is 9.53 Å². The molecule has 1 fully saturated rings. The second-order valence-electron chi connectivity index (χ2n) is 4.05. The summed E-state index contributed by atoms with van der Waals surface area (Å²) in [4.78, 5) is 17.0. The first-order chi connectivity index (χ1) is 7.79. The Morgan fingerprint density at radius 1 is 1.56 bits per heavy atom. The highest BCUT2D eigenvalue weighted by atomic mass is 16.5. The van der Waals surface area contributed by atoms with Crippen LogP contribution in [-0.4, -0.2) is 37.1 Å². The summed E-state index contributed by atoms with van der Waals surface area (Å²) in [6.07, 6.45) is 3.67. The van der Waals surface area contributed by atoms with Crippen LogP contribution in [0.4, 0.5) is 5.82 Å². The van der Waals surface area contributed by atoms with Gasteiger partial charge in [-0.25, -0.2) is 4.98 Å². The fraction of sp³-hybridized carbons (Fsp3) is 0.500. The van der Waals surface area contributed by atoms with Gasteiger partial charge in [0.1, 0.15) is 5.82 Å². The third-order valence-electron chi connectivity index (χ3n) is 2.68. The third-order valence-corrected chi connectivity index (χ3v) is 2.68. The van der Waals surface area contributed by atoms with Crippen LogP contribution in [0, 0.1) is 0 Å². The highest BCUT2D eigenvalue weighted by Crippen LogP contribution is 2.15. The van der Waals surface area contributed by atoms with Crippen LogP contribution in [0.1, 0.15) is 23.7 Å². The van der Waals surface area contributed by atoms with Crippen molar-refractivity contribution in [2.45, 2.75) is 19.4 Å². The Morgan fingerprint density at radius 3 is 3.12 bits per heavy atom. The van der Waals surface area contributed by atoms with E-state index in [2.05, 4.69) is 16.8 Å². The zero-order valence-electron chi connectivity index (χ0n) is 9.43. The van der Waals surface area contributed by atoms with Crippen LogP contribution >= 0.6 is 0 Å². The Hall–Kier alpha value is -1.42. The van der Waals surface area contributed by atoms with Crippen molar-refractivity contribution in [3.8, 4) is 0 Å². The molecule has 0 aliphatic carbocycles. The summed E-state index contributed by atoms with van der Waals surface area (Å²) in [5.74, 6) is 0.919. The van der Waals surface area contributed by atoms with Gasteiger partial charge in [-0.15, -0.1) is 0 Å². The van der Waals surface area contributed by atoms with Crippen LogP contribution < -0.4 is 4.90 Å². The van der Waals surface area contributed by atoms with Gasteiger partial charge in [-0.05, 0) is 25.5 Å². The average molecular weight is 220 g/mol. The van der Waals surface area contributed by atoms with E-state index in [0.29, 0.717) is 5.56 Å². The van der Waals surface area contributed by atoms with Gasteiger partial charge in [0, 0.05) is 31.5 Å². The zero-order valence-corrected chi connectivity index (χ0v) is 9.43. The standard InChI is InChI=1S/C12H16N2O2/c1-10-8-14(5-2-6-16-10)12-4-3-11(9-15)7-13-12/h3-4,7,9-10H,2,5-6,8H2,1H3. The molecule has 1 aliphatic heterocycles. The van der Waals surface area contributed by atoms with Crippen molar-refractivity contribution in [2.24, 2.45) is 0 Å². The maximum Gasteiger partial charge on any atom is 0.151 e.